The summed E-state index contributed by atoms with van der Waals surface area (Å²) in [6.07, 6.45) is 1.50. The lowest BCUT2D eigenvalue weighted by Crippen LogP contribution is -2.29. The standard InChI is InChI=1S/C19H21FN2O3S/c1-13-5-3-4-6-15(13)12-22(2)19(23)14-7-10-17(20)18(11-14)26(24,25)21-16-8-9-16/h3-7,10-11,16,21H,8-9,12H2,1-2H3. The zero-order chi connectivity index (χ0) is 18.9. The van der Waals surface area contributed by atoms with Gasteiger partial charge in [-0.2, -0.15) is 0 Å². The second kappa shape index (κ2) is 7.17. The van der Waals surface area contributed by atoms with Crippen LogP contribution >= 0.6 is 0 Å². The van der Waals surface area contributed by atoms with Crippen molar-refractivity contribution >= 4 is 15.9 Å². The molecule has 2 aromatic carbocycles. The summed E-state index contributed by atoms with van der Waals surface area (Å²) in [4.78, 5) is 13.7. The Kier molecular flexibility index (Phi) is 5.11. The van der Waals surface area contributed by atoms with Crippen molar-refractivity contribution in [3.8, 4) is 0 Å². The molecule has 3 rings (SSSR count). The fourth-order valence-electron chi connectivity index (χ4n) is 2.66. The summed E-state index contributed by atoms with van der Waals surface area (Å²) >= 11 is 0. The number of nitrogens with zero attached hydrogens (tertiary/aromatic N) is 1. The Morgan fingerprint density at radius 3 is 2.58 bits per heavy atom. The molecular formula is C19H21FN2O3S. The highest BCUT2D eigenvalue weighted by Crippen LogP contribution is 2.24. The zero-order valence-electron chi connectivity index (χ0n) is 14.7. The van der Waals surface area contributed by atoms with E-state index in [-0.39, 0.29) is 17.5 Å². The minimum absolute atomic E-state index is 0.137. The van der Waals surface area contributed by atoms with Gasteiger partial charge < -0.3 is 4.90 Å². The second-order valence-corrected chi connectivity index (χ2v) is 8.31. The van der Waals surface area contributed by atoms with Crippen LogP contribution in [-0.4, -0.2) is 32.3 Å². The molecule has 1 fully saturated rings. The molecule has 7 heteroatoms. The Bertz CT molecular complexity index is 940. The molecule has 138 valence electrons. The molecule has 26 heavy (non-hydrogen) atoms. The van der Waals surface area contributed by atoms with Crippen LogP contribution in [-0.2, 0) is 16.6 Å². The van der Waals surface area contributed by atoms with Gasteiger partial charge in [-0.15, -0.1) is 0 Å². The van der Waals surface area contributed by atoms with Crippen LogP contribution in [0.15, 0.2) is 47.4 Å². The molecular weight excluding hydrogens is 355 g/mol. The molecule has 1 N–H and O–H groups in total. The minimum atomic E-state index is -3.97. The van der Waals surface area contributed by atoms with Gasteiger partial charge in [0, 0.05) is 25.2 Å². The number of aryl methyl sites for hydroxylation is 1. The van der Waals surface area contributed by atoms with E-state index in [1.807, 2.05) is 31.2 Å². The van der Waals surface area contributed by atoms with Crippen LogP contribution in [0.3, 0.4) is 0 Å². The van der Waals surface area contributed by atoms with Crippen molar-refractivity contribution in [2.45, 2.75) is 37.2 Å². The summed E-state index contributed by atoms with van der Waals surface area (Å²) in [5, 5.41) is 0. The highest BCUT2D eigenvalue weighted by molar-refractivity contribution is 7.89. The number of sulfonamides is 1. The van der Waals surface area contributed by atoms with Gasteiger partial charge in [0.1, 0.15) is 10.7 Å². The molecule has 0 radical (unpaired) electrons. The van der Waals surface area contributed by atoms with Crippen molar-refractivity contribution in [1.82, 2.24) is 9.62 Å². The first kappa shape index (κ1) is 18.5. The van der Waals surface area contributed by atoms with E-state index < -0.39 is 20.7 Å². The summed E-state index contributed by atoms with van der Waals surface area (Å²) in [6.45, 7) is 2.34. The number of nitrogens with one attached hydrogen (secondary N) is 1. The lowest BCUT2D eigenvalue weighted by Gasteiger charge is -2.19. The maximum Gasteiger partial charge on any atom is 0.253 e. The van der Waals surface area contributed by atoms with Gasteiger partial charge in [0.25, 0.3) is 5.91 Å². The number of carbonyl (C=O) groups excluding carboxylic acids is 1. The van der Waals surface area contributed by atoms with Crippen LogP contribution in [0.2, 0.25) is 0 Å². The van der Waals surface area contributed by atoms with E-state index in [0.29, 0.717) is 6.54 Å². The highest BCUT2D eigenvalue weighted by atomic mass is 32.2. The molecule has 1 aliphatic rings. The molecule has 1 amide bonds. The quantitative estimate of drug-likeness (QED) is 0.843. The molecule has 5 nitrogen and oxygen atoms in total. The summed E-state index contributed by atoms with van der Waals surface area (Å²) in [6, 6.07) is 11.0. The third-order valence-electron chi connectivity index (χ3n) is 4.38. The van der Waals surface area contributed by atoms with Gasteiger partial charge in [-0.1, -0.05) is 24.3 Å². The fraction of sp³-hybridized carbons (Fsp3) is 0.316. The van der Waals surface area contributed by atoms with E-state index in [1.54, 1.807) is 7.05 Å². The van der Waals surface area contributed by atoms with Crippen molar-refractivity contribution in [1.29, 1.82) is 0 Å². The molecule has 0 saturated heterocycles. The van der Waals surface area contributed by atoms with E-state index in [2.05, 4.69) is 4.72 Å². The van der Waals surface area contributed by atoms with Gasteiger partial charge >= 0.3 is 0 Å². The molecule has 2 aromatic rings. The Morgan fingerprint density at radius 1 is 1.23 bits per heavy atom. The van der Waals surface area contributed by atoms with Crippen LogP contribution in [0.25, 0.3) is 0 Å². The topological polar surface area (TPSA) is 66.5 Å². The van der Waals surface area contributed by atoms with Crippen LogP contribution in [0, 0.1) is 12.7 Å². The van der Waals surface area contributed by atoms with E-state index in [4.69, 9.17) is 0 Å². The Labute approximate surface area is 152 Å². The SMILES string of the molecule is Cc1ccccc1CN(C)C(=O)c1ccc(F)c(S(=O)(=O)NC2CC2)c1. The Balaban J connectivity index is 1.83. The number of hydrogen-bond acceptors (Lipinski definition) is 3. The maximum absolute atomic E-state index is 14.1. The number of rotatable bonds is 6. The van der Waals surface area contributed by atoms with E-state index in [0.717, 1.165) is 36.1 Å². The monoisotopic (exact) mass is 376 g/mol. The molecule has 0 spiro atoms. The Morgan fingerprint density at radius 2 is 1.92 bits per heavy atom. The minimum Gasteiger partial charge on any atom is -0.337 e. The van der Waals surface area contributed by atoms with Crippen LogP contribution < -0.4 is 4.72 Å². The molecule has 0 bridgehead atoms. The first-order valence-corrected chi connectivity index (χ1v) is 9.88. The predicted octanol–water partition coefficient (Wildman–Crippen LogP) is 2.85. The molecule has 1 saturated carbocycles. The predicted molar refractivity (Wildman–Crippen MR) is 96.7 cm³/mol. The smallest absolute Gasteiger partial charge is 0.253 e. The number of hydrogen-bond donors (Lipinski definition) is 1. The zero-order valence-corrected chi connectivity index (χ0v) is 15.5. The summed E-state index contributed by atoms with van der Waals surface area (Å²) < 4.78 is 41.1. The third-order valence-corrected chi connectivity index (χ3v) is 5.92. The van der Waals surface area contributed by atoms with Crippen LogP contribution in [0.1, 0.15) is 34.3 Å². The second-order valence-electron chi connectivity index (χ2n) is 6.63. The first-order chi connectivity index (χ1) is 12.3. The molecule has 0 heterocycles. The molecule has 0 atom stereocenters. The highest BCUT2D eigenvalue weighted by Gasteiger charge is 2.30. The lowest BCUT2D eigenvalue weighted by atomic mass is 10.1. The average Bonchev–Trinajstić information content (AvgIpc) is 3.39. The van der Waals surface area contributed by atoms with Crippen molar-refractivity contribution in [3.05, 3.63) is 65.0 Å². The Hall–Kier alpha value is -2.25. The third kappa shape index (κ3) is 4.11. The normalized spacial score (nSPS) is 14.3. The molecule has 0 unspecified atom stereocenters. The van der Waals surface area contributed by atoms with Crippen molar-refractivity contribution in [2.75, 3.05) is 7.05 Å². The summed E-state index contributed by atoms with van der Waals surface area (Å²) in [5.41, 5.74) is 2.19. The van der Waals surface area contributed by atoms with Gasteiger partial charge in [0.15, 0.2) is 0 Å². The van der Waals surface area contributed by atoms with Crippen LogP contribution in [0.5, 0.6) is 0 Å². The van der Waals surface area contributed by atoms with Gasteiger partial charge in [0.05, 0.1) is 0 Å². The van der Waals surface area contributed by atoms with Gasteiger partial charge in [0.2, 0.25) is 10.0 Å². The fourth-order valence-corrected chi connectivity index (χ4v) is 4.07. The number of halogens is 1. The molecule has 1 aliphatic carbocycles. The van der Waals surface area contributed by atoms with E-state index in [9.17, 15) is 17.6 Å². The maximum atomic E-state index is 14.1. The number of amides is 1. The van der Waals surface area contributed by atoms with Crippen molar-refractivity contribution in [3.63, 3.8) is 0 Å². The number of carbonyl (C=O) groups is 1. The number of benzene rings is 2. The van der Waals surface area contributed by atoms with Crippen molar-refractivity contribution in [2.24, 2.45) is 0 Å². The van der Waals surface area contributed by atoms with Gasteiger partial charge in [-0.25, -0.2) is 17.5 Å². The molecule has 0 aliphatic heterocycles. The van der Waals surface area contributed by atoms with Crippen molar-refractivity contribution < 1.29 is 17.6 Å². The average molecular weight is 376 g/mol. The lowest BCUT2D eigenvalue weighted by molar-refractivity contribution is 0.0784. The summed E-state index contributed by atoms with van der Waals surface area (Å²) in [5.74, 6) is -1.23. The first-order valence-electron chi connectivity index (χ1n) is 8.40. The largest absolute Gasteiger partial charge is 0.337 e. The van der Waals surface area contributed by atoms with E-state index in [1.165, 1.54) is 11.0 Å². The van der Waals surface area contributed by atoms with Gasteiger partial charge in [-0.3, -0.25) is 4.79 Å². The van der Waals surface area contributed by atoms with E-state index >= 15 is 0 Å². The summed E-state index contributed by atoms with van der Waals surface area (Å²) in [7, 11) is -2.34. The molecule has 0 aromatic heterocycles. The van der Waals surface area contributed by atoms with Gasteiger partial charge in [-0.05, 0) is 49.1 Å². The van der Waals surface area contributed by atoms with Crippen LogP contribution in [0.4, 0.5) is 4.39 Å².